The Morgan fingerprint density at radius 3 is 2.33 bits per heavy atom. The number of halogens is 1. The van der Waals surface area contributed by atoms with Crippen molar-refractivity contribution in [2.75, 3.05) is 9.80 Å². The van der Waals surface area contributed by atoms with Gasteiger partial charge in [-0.05, 0) is 23.3 Å². The highest BCUT2D eigenvalue weighted by Gasteiger charge is 2.70. The lowest BCUT2D eigenvalue weighted by atomic mass is 9.73. The number of amidine groups is 2. The molecule has 136 valence electrons. The monoisotopic (exact) mass is 472 g/mol. The number of piperidine rings is 2. The number of nitrogens with one attached hydrogen (secondary N) is 2. The maximum Gasteiger partial charge on any atom is 0.132 e. The van der Waals surface area contributed by atoms with Crippen LogP contribution in [-0.2, 0) is 3.42 Å². The normalized spacial score (nSPS) is 38.0. The number of benzene rings is 2. The molecule has 4 aliphatic heterocycles. The summed E-state index contributed by atoms with van der Waals surface area (Å²) in [6.45, 7) is 0. The van der Waals surface area contributed by atoms with Gasteiger partial charge in [-0.1, -0.05) is 59.0 Å². The number of aliphatic hydroxyl groups excluding tert-OH is 2. The smallest absolute Gasteiger partial charge is 0.132 e. The first-order valence-corrected chi connectivity index (χ1v) is 10.0. The van der Waals surface area contributed by atoms with E-state index in [0.717, 1.165) is 22.5 Å². The highest BCUT2D eigenvalue weighted by molar-refractivity contribution is 14.1. The number of alkyl halides is 1. The number of para-hydroxylation sites is 2. The standard InChI is InChI=1S/C20H17IN4O2/c21-20-10-6-2-4-8-12(10)25-16(20)14-13(15(26)18(25)22)9-5-1-3-7-11(9)24(14)19(23)17(20)27/h1-8,13-17,22-23,26-27H/t13-,14+,15-,16-,17+,20+/m1/s1. The van der Waals surface area contributed by atoms with Crippen molar-refractivity contribution in [1.82, 2.24) is 0 Å². The van der Waals surface area contributed by atoms with E-state index in [1.165, 1.54) is 0 Å². The molecule has 0 spiro atoms. The van der Waals surface area contributed by atoms with E-state index in [1.54, 1.807) is 0 Å². The summed E-state index contributed by atoms with van der Waals surface area (Å²) in [6.07, 6.45) is -1.95. The first-order chi connectivity index (χ1) is 13.0. The third-order valence-electron chi connectivity index (χ3n) is 6.63. The van der Waals surface area contributed by atoms with Gasteiger partial charge in [-0.2, -0.15) is 0 Å². The van der Waals surface area contributed by atoms with Gasteiger partial charge in [-0.15, -0.1) is 0 Å². The third-order valence-corrected chi connectivity index (χ3v) is 8.44. The summed E-state index contributed by atoms with van der Waals surface area (Å²) >= 11 is 2.29. The van der Waals surface area contributed by atoms with Crippen molar-refractivity contribution >= 4 is 45.6 Å². The predicted octanol–water partition coefficient (Wildman–Crippen LogP) is 2.18. The first kappa shape index (κ1) is 16.0. The zero-order chi connectivity index (χ0) is 18.7. The van der Waals surface area contributed by atoms with Gasteiger partial charge in [0.25, 0.3) is 0 Å². The van der Waals surface area contributed by atoms with Crippen LogP contribution >= 0.6 is 22.6 Å². The van der Waals surface area contributed by atoms with Crippen LogP contribution in [-0.4, -0.2) is 46.2 Å². The van der Waals surface area contributed by atoms with Gasteiger partial charge in [-0.3, -0.25) is 10.8 Å². The lowest BCUT2D eigenvalue weighted by Gasteiger charge is -2.55. The molecule has 0 aromatic heterocycles. The van der Waals surface area contributed by atoms with Crippen LogP contribution in [0.1, 0.15) is 17.0 Å². The van der Waals surface area contributed by atoms with Gasteiger partial charge in [-0.25, -0.2) is 0 Å². The molecule has 4 aliphatic rings. The summed E-state index contributed by atoms with van der Waals surface area (Å²) < 4.78 is -0.737. The molecular weight excluding hydrogens is 455 g/mol. The topological polar surface area (TPSA) is 94.6 Å². The average Bonchev–Trinajstić information content (AvgIpc) is 3.16. The van der Waals surface area contributed by atoms with Crippen LogP contribution < -0.4 is 9.80 Å². The second kappa shape index (κ2) is 4.89. The van der Waals surface area contributed by atoms with E-state index in [0.29, 0.717) is 0 Å². The van der Waals surface area contributed by atoms with Gasteiger partial charge in [0.05, 0.1) is 12.1 Å². The van der Waals surface area contributed by atoms with E-state index < -0.39 is 15.6 Å². The van der Waals surface area contributed by atoms with Crippen LogP contribution in [0.4, 0.5) is 11.4 Å². The number of hydrogen-bond donors (Lipinski definition) is 4. The zero-order valence-corrected chi connectivity index (χ0v) is 16.3. The summed E-state index contributed by atoms with van der Waals surface area (Å²) in [6, 6.07) is 15.1. The van der Waals surface area contributed by atoms with Crippen LogP contribution in [0.5, 0.6) is 0 Å². The number of aliphatic hydroxyl groups is 2. The minimum absolute atomic E-state index is 0.165. The predicted molar refractivity (Wildman–Crippen MR) is 111 cm³/mol. The van der Waals surface area contributed by atoms with Gasteiger partial charge in [0.2, 0.25) is 0 Å². The number of hydrogen-bond acceptors (Lipinski definition) is 4. The van der Waals surface area contributed by atoms with Crippen molar-refractivity contribution in [3.63, 3.8) is 0 Å². The van der Waals surface area contributed by atoms with Crippen molar-refractivity contribution in [3.05, 3.63) is 59.7 Å². The van der Waals surface area contributed by atoms with E-state index in [-0.39, 0.29) is 29.7 Å². The molecular formula is C20H17IN4O2. The Hall–Kier alpha value is -1.97. The van der Waals surface area contributed by atoms with Gasteiger partial charge in [0, 0.05) is 17.3 Å². The Bertz CT molecular complexity index is 1040. The second-order valence-corrected chi connectivity index (χ2v) is 9.45. The molecule has 0 amide bonds. The molecule has 2 saturated heterocycles. The molecule has 6 atom stereocenters. The van der Waals surface area contributed by atoms with Gasteiger partial charge in [0.15, 0.2) is 0 Å². The fourth-order valence-electron chi connectivity index (χ4n) is 5.62. The van der Waals surface area contributed by atoms with Crippen molar-refractivity contribution in [2.45, 2.75) is 33.6 Å². The Balaban J connectivity index is 1.69. The largest absolute Gasteiger partial charge is 0.384 e. The summed E-state index contributed by atoms with van der Waals surface area (Å²) in [5, 5.41) is 39.9. The minimum atomic E-state index is -1.000. The van der Waals surface area contributed by atoms with Gasteiger partial charge >= 0.3 is 0 Å². The molecule has 2 aromatic carbocycles. The fraction of sp³-hybridized carbons (Fsp3) is 0.300. The summed E-state index contributed by atoms with van der Waals surface area (Å²) in [5.41, 5.74) is 3.60. The second-order valence-electron chi connectivity index (χ2n) is 7.66. The van der Waals surface area contributed by atoms with Gasteiger partial charge in [0.1, 0.15) is 27.3 Å². The van der Waals surface area contributed by atoms with Crippen LogP contribution in [0.3, 0.4) is 0 Å². The first-order valence-electron chi connectivity index (χ1n) is 8.96. The van der Waals surface area contributed by atoms with E-state index >= 15 is 0 Å². The maximum atomic E-state index is 11.3. The lowest BCUT2D eigenvalue weighted by Crippen LogP contribution is -2.73. The summed E-state index contributed by atoms with van der Waals surface area (Å²) in [5.74, 6) is 0.0497. The van der Waals surface area contributed by atoms with Crippen molar-refractivity contribution < 1.29 is 10.2 Å². The average molecular weight is 472 g/mol. The van der Waals surface area contributed by atoms with Crippen molar-refractivity contribution in [1.29, 1.82) is 10.8 Å². The molecule has 4 N–H and O–H groups in total. The van der Waals surface area contributed by atoms with Crippen LogP contribution in [0.25, 0.3) is 0 Å². The molecule has 7 heteroatoms. The molecule has 2 fully saturated rings. The molecule has 27 heavy (non-hydrogen) atoms. The van der Waals surface area contributed by atoms with Crippen LogP contribution in [0.2, 0.25) is 0 Å². The molecule has 2 aromatic rings. The Morgan fingerprint density at radius 2 is 1.56 bits per heavy atom. The van der Waals surface area contributed by atoms with E-state index in [4.69, 9.17) is 10.8 Å². The Morgan fingerprint density at radius 1 is 0.889 bits per heavy atom. The number of rotatable bonds is 0. The quantitative estimate of drug-likeness (QED) is 0.350. The molecule has 0 unspecified atom stereocenters. The van der Waals surface area contributed by atoms with Crippen molar-refractivity contribution in [3.8, 4) is 0 Å². The highest BCUT2D eigenvalue weighted by Crippen LogP contribution is 2.63. The molecule has 4 heterocycles. The minimum Gasteiger partial charge on any atom is -0.384 e. The van der Waals surface area contributed by atoms with Crippen molar-refractivity contribution in [2.24, 2.45) is 0 Å². The Kier molecular flexibility index (Phi) is 2.91. The summed E-state index contributed by atoms with van der Waals surface area (Å²) in [4.78, 5) is 3.78. The summed E-state index contributed by atoms with van der Waals surface area (Å²) in [7, 11) is 0. The number of nitrogens with zero attached hydrogens (tertiary/aromatic N) is 2. The molecule has 0 radical (unpaired) electrons. The molecule has 6 rings (SSSR count). The molecule has 0 aliphatic carbocycles. The van der Waals surface area contributed by atoms with E-state index in [9.17, 15) is 10.2 Å². The lowest BCUT2D eigenvalue weighted by molar-refractivity contribution is 0.128. The van der Waals surface area contributed by atoms with E-state index in [2.05, 4.69) is 22.6 Å². The molecule has 6 nitrogen and oxygen atoms in total. The maximum absolute atomic E-state index is 11.3. The Labute approximate surface area is 169 Å². The number of fused-ring (bicyclic) bond motifs is 6. The van der Waals surface area contributed by atoms with Crippen LogP contribution in [0.15, 0.2) is 48.5 Å². The number of anilines is 2. The SMILES string of the molecule is N=C1[C@H](O)[C@]2(I)c3ccccc3N3C(=N)[C@H](O)[C@@H]4c5ccccc5N1[C@@H]4[C@@H]32. The third kappa shape index (κ3) is 1.58. The highest BCUT2D eigenvalue weighted by atomic mass is 127. The van der Waals surface area contributed by atoms with Gasteiger partial charge < -0.3 is 20.0 Å². The zero-order valence-electron chi connectivity index (χ0n) is 14.2. The van der Waals surface area contributed by atoms with Crippen LogP contribution in [0, 0.1) is 10.8 Å². The van der Waals surface area contributed by atoms with E-state index in [1.807, 2.05) is 58.3 Å². The molecule has 0 bridgehead atoms. The molecule has 0 saturated carbocycles. The fourth-order valence-corrected chi connectivity index (χ4v) is 7.01.